The first-order valence-corrected chi connectivity index (χ1v) is 4.51. The van der Waals surface area contributed by atoms with Gasteiger partial charge in [0, 0.05) is 4.47 Å². The van der Waals surface area contributed by atoms with Crippen LogP contribution in [0.2, 0.25) is 0 Å². The largest absolute Gasteiger partial charge is 0.204 e. The molecule has 1 rings (SSSR count). The van der Waals surface area contributed by atoms with Crippen LogP contribution in [-0.2, 0) is 0 Å². The summed E-state index contributed by atoms with van der Waals surface area (Å²) in [5.74, 6) is -1.63. The summed E-state index contributed by atoms with van der Waals surface area (Å²) < 4.78 is 25.3. The van der Waals surface area contributed by atoms with Crippen LogP contribution in [0.25, 0.3) is 0 Å². The summed E-state index contributed by atoms with van der Waals surface area (Å²) in [4.78, 5) is 0. The fourth-order valence-corrected chi connectivity index (χ4v) is 0.937. The number of hydrogen-bond donors (Lipinski definition) is 0. The highest BCUT2D eigenvalue weighted by atomic mass is 79.9. The van der Waals surface area contributed by atoms with Crippen molar-refractivity contribution >= 4 is 15.9 Å². The summed E-state index contributed by atoms with van der Waals surface area (Å²) in [5, 5.41) is 0. The molecule has 0 saturated carbocycles. The fourth-order valence-electron chi connectivity index (χ4n) is 0.622. The number of aryl methyl sites for hydroxylation is 1. The van der Waals surface area contributed by atoms with Crippen LogP contribution < -0.4 is 0 Å². The van der Waals surface area contributed by atoms with Gasteiger partial charge in [-0.2, -0.15) is 0 Å². The van der Waals surface area contributed by atoms with Crippen LogP contribution >= 0.6 is 15.9 Å². The Kier molecular flexibility index (Phi) is 5.06. The van der Waals surface area contributed by atoms with Crippen LogP contribution in [0, 0.1) is 18.6 Å². The van der Waals surface area contributed by atoms with Gasteiger partial charge in [-0.1, -0.05) is 29.8 Å². The Hall–Kier alpha value is -0.440. The summed E-state index contributed by atoms with van der Waals surface area (Å²) in [6.45, 7) is 5.70. The molecule has 0 radical (unpaired) electrons. The second kappa shape index (κ2) is 5.25. The van der Waals surface area contributed by atoms with E-state index < -0.39 is 11.6 Å². The molecule has 3 heteroatoms. The van der Waals surface area contributed by atoms with Crippen LogP contribution in [0.1, 0.15) is 19.4 Å². The monoisotopic (exact) mass is 236 g/mol. The molecule has 0 spiro atoms. The lowest BCUT2D eigenvalue weighted by atomic mass is 10.2. The van der Waals surface area contributed by atoms with Crippen LogP contribution in [0.4, 0.5) is 8.78 Å². The predicted octanol–water partition coefficient (Wildman–Crippen LogP) is 4.06. The van der Waals surface area contributed by atoms with E-state index in [1.807, 2.05) is 13.8 Å². The molecule has 0 saturated heterocycles. The topological polar surface area (TPSA) is 0 Å². The van der Waals surface area contributed by atoms with Crippen LogP contribution in [-0.4, -0.2) is 0 Å². The highest BCUT2D eigenvalue weighted by Gasteiger charge is 2.03. The Balaban J connectivity index is 0.000000561. The molecule has 0 bridgehead atoms. The summed E-state index contributed by atoms with van der Waals surface area (Å²) >= 11 is 3.07. The van der Waals surface area contributed by atoms with E-state index in [1.165, 1.54) is 0 Å². The molecule has 1 aromatic carbocycles. The van der Waals surface area contributed by atoms with Gasteiger partial charge in [-0.25, -0.2) is 8.78 Å². The van der Waals surface area contributed by atoms with Crippen molar-refractivity contribution in [1.82, 2.24) is 0 Å². The average Bonchev–Trinajstić information content (AvgIpc) is 2.05. The zero-order valence-corrected chi connectivity index (χ0v) is 8.87. The van der Waals surface area contributed by atoms with Gasteiger partial charge in [-0.3, -0.25) is 0 Å². The second-order valence-electron chi connectivity index (χ2n) is 2.02. The molecule has 0 fully saturated rings. The normalized spacial score (nSPS) is 8.83. The minimum Gasteiger partial charge on any atom is -0.204 e. The molecule has 1 aromatic rings. The Morgan fingerprint density at radius 3 is 1.92 bits per heavy atom. The number of rotatable bonds is 0. The van der Waals surface area contributed by atoms with Gasteiger partial charge in [-0.15, -0.1) is 0 Å². The third-order valence-corrected chi connectivity index (χ3v) is 2.06. The quantitative estimate of drug-likeness (QED) is 0.597. The highest BCUT2D eigenvalue weighted by Crippen LogP contribution is 2.18. The molecular weight excluding hydrogens is 226 g/mol. The molecule has 0 aliphatic carbocycles. The summed E-state index contributed by atoms with van der Waals surface area (Å²) in [6.07, 6.45) is 0. The van der Waals surface area contributed by atoms with E-state index in [0.29, 0.717) is 10.0 Å². The molecule has 12 heavy (non-hydrogen) atoms. The standard InChI is InChI=1S/C7H5BrF2.C2H6/c1-4-2-6(9)7(10)3-5(4)8;1-2/h2-3H,1H3;1-2H3. The molecule has 0 aliphatic rings. The minimum absolute atomic E-state index is 0.589. The van der Waals surface area contributed by atoms with Crippen molar-refractivity contribution in [3.8, 4) is 0 Å². The summed E-state index contributed by atoms with van der Waals surface area (Å²) in [5.41, 5.74) is 0.693. The maximum atomic E-state index is 12.4. The minimum atomic E-state index is -0.822. The maximum Gasteiger partial charge on any atom is 0.159 e. The molecule has 0 N–H and O–H groups in total. The van der Waals surface area contributed by atoms with E-state index in [2.05, 4.69) is 15.9 Å². The van der Waals surface area contributed by atoms with Gasteiger partial charge in [0.25, 0.3) is 0 Å². The SMILES string of the molecule is CC.Cc1cc(F)c(F)cc1Br. The Labute approximate surface area is 79.7 Å². The highest BCUT2D eigenvalue weighted by molar-refractivity contribution is 9.10. The number of hydrogen-bond acceptors (Lipinski definition) is 0. The smallest absolute Gasteiger partial charge is 0.159 e. The Bertz CT molecular complexity index is 209. The van der Waals surface area contributed by atoms with Gasteiger partial charge in [0.05, 0.1) is 0 Å². The van der Waals surface area contributed by atoms with Gasteiger partial charge in [0.15, 0.2) is 11.6 Å². The van der Waals surface area contributed by atoms with E-state index in [1.54, 1.807) is 6.92 Å². The van der Waals surface area contributed by atoms with Gasteiger partial charge in [0.2, 0.25) is 0 Å². The molecule has 0 aromatic heterocycles. The first-order chi connectivity index (χ1) is 5.61. The number of halogens is 3. The van der Waals surface area contributed by atoms with E-state index in [0.717, 1.165) is 12.1 Å². The molecule has 0 aliphatic heterocycles. The molecule has 0 heterocycles. The zero-order chi connectivity index (χ0) is 9.72. The van der Waals surface area contributed by atoms with Crippen molar-refractivity contribution < 1.29 is 8.78 Å². The van der Waals surface area contributed by atoms with Crippen LogP contribution in [0.3, 0.4) is 0 Å². The maximum absolute atomic E-state index is 12.4. The average molecular weight is 237 g/mol. The first kappa shape index (κ1) is 11.6. The summed E-state index contributed by atoms with van der Waals surface area (Å²) in [7, 11) is 0. The van der Waals surface area contributed by atoms with Gasteiger partial charge in [0.1, 0.15) is 0 Å². The molecule has 68 valence electrons. The zero-order valence-electron chi connectivity index (χ0n) is 7.29. The molecule has 0 amide bonds. The third-order valence-electron chi connectivity index (χ3n) is 1.20. The van der Waals surface area contributed by atoms with Crippen molar-refractivity contribution in [3.63, 3.8) is 0 Å². The second-order valence-corrected chi connectivity index (χ2v) is 2.87. The van der Waals surface area contributed by atoms with Gasteiger partial charge < -0.3 is 0 Å². The lowest BCUT2D eigenvalue weighted by Gasteiger charge is -1.97. The Morgan fingerprint density at radius 1 is 1.08 bits per heavy atom. The van der Waals surface area contributed by atoms with Crippen molar-refractivity contribution in [3.05, 3.63) is 33.8 Å². The fraction of sp³-hybridized carbons (Fsp3) is 0.333. The predicted molar refractivity (Wildman–Crippen MR) is 50.1 cm³/mol. The van der Waals surface area contributed by atoms with Crippen molar-refractivity contribution in [2.24, 2.45) is 0 Å². The van der Waals surface area contributed by atoms with Crippen molar-refractivity contribution in [2.45, 2.75) is 20.8 Å². The Morgan fingerprint density at radius 2 is 1.50 bits per heavy atom. The molecule has 0 atom stereocenters. The van der Waals surface area contributed by atoms with E-state index in [4.69, 9.17) is 0 Å². The van der Waals surface area contributed by atoms with E-state index in [-0.39, 0.29) is 0 Å². The van der Waals surface area contributed by atoms with E-state index >= 15 is 0 Å². The summed E-state index contributed by atoms with van der Waals surface area (Å²) in [6, 6.07) is 2.27. The van der Waals surface area contributed by atoms with E-state index in [9.17, 15) is 8.78 Å². The molecular formula is C9H11BrF2. The molecule has 0 unspecified atom stereocenters. The lowest BCUT2D eigenvalue weighted by Crippen LogP contribution is -1.85. The number of benzene rings is 1. The van der Waals surface area contributed by atoms with Crippen molar-refractivity contribution in [1.29, 1.82) is 0 Å². The van der Waals surface area contributed by atoms with Crippen molar-refractivity contribution in [2.75, 3.05) is 0 Å². The van der Waals surface area contributed by atoms with Gasteiger partial charge >= 0.3 is 0 Å². The van der Waals surface area contributed by atoms with Crippen LogP contribution in [0.15, 0.2) is 16.6 Å². The molecule has 0 nitrogen and oxygen atoms in total. The third kappa shape index (κ3) is 2.89. The lowest BCUT2D eigenvalue weighted by molar-refractivity contribution is 0.507. The van der Waals surface area contributed by atoms with Crippen LogP contribution in [0.5, 0.6) is 0 Å². The van der Waals surface area contributed by atoms with Gasteiger partial charge in [-0.05, 0) is 24.6 Å². The first-order valence-electron chi connectivity index (χ1n) is 3.72.